The summed E-state index contributed by atoms with van der Waals surface area (Å²) in [6, 6.07) is 78.1. The van der Waals surface area contributed by atoms with Gasteiger partial charge < -0.3 is 13.9 Å². The van der Waals surface area contributed by atoms with Crippen molar-refractivity contribution in [2.45, 2.75) is 0 Å². The van der Waals surface area contributed by atoms with Crippen LogP contribution < -0.4 is 4.90 Å². The third-order valence-corrected chi connectivity index (χ3v) is 11.2. The first-order chi connectivity index (χ1) is 28.3. The van der Waals surface area contributed by atoms with Gasteiger partial charge in [0.25, 0.3) is 0 Å². The van der Waals surface area contributed by atoms with Crippen molar-refractivity contribution >= 4 is 60.8 Å². The second-order valence-corrected chi connectivity index (χ2v) is 14.5. The molecule has 0 spiro atoms. The minimum absolute atomic E-state index is 0.906. The molecule has 2 heterocycles. The number of rotatable bonds is 7. The Hall–Kier alpha value is -7.62. The van der Waals surface area contributed by atoms with Gasteiger partial charge in [0, 0.05) is 49.9 Å². The first-order valence-corrected chi connectivity index (χ1v) is 19.4. The molecule has 0 unspecified atom stereocenters. The molecule has 57 heavy (non-hydrogen) atoms. The van der Waals surface area contributed by atoms with E-state index in [1.54, 1.807) is 0 Å². The van der Waals surface area contributed by atoms with Crippen molar-refractivity contribution in [2.24, 2.45) is 0 Å². The Morgan fingerprint density at radius 2 is 0.842 bits per heavy atom. The van der Waals surface area contributed by atoms with E-state index in [4.69, 9.17) is 4.42 Å². The lowest BCUT2D eigenvalue weighted by Gasteiger charge is -2.26. The Balaban J connectivity index is 0.990. The molecule has 0 fully saturated rings. The van der Waals surface area contributed by atoms with Crippen LogP contribution in [0.15, 0.2) is 223 Å². The highest BCUT2D eigenvalue weighted by molar-refractivity contribution is 6.11. The van der Waals surface area contributed by atoms with Crippen LogP contribution >= 0.6 is 0 Å². The monoisotopic (exact) mass is 728 g/mol. The van der Waals surface area contributed by atoms with E-state index >= 15 is 0 Å². The molecule has 3 heteroatoms. The first kappa shape index (κ1) is 32.8. The van der Waals surface area contributed by atoms with Crippen LogP contribution in [0.25, 0.3) is 82.8 Å². The van der Waals surface area contributed by atoms with Gasteiger partial charge in [-0.15, -0.1) is 0 Å². The van der Waals surface area contributed by atoms with Gasteiger partial charge in [-0.25, -0.2) is 0 Å². The van der Waals surface area contributed by atoms with Crippen LogP contribution in [0, 0.1) is 0 Å². The van der Waals surface area contributed by atoms with Gasteiger partial charge in [-0.2, -0.15) is 0 Å². The third-order valence-electron chi connectivity index (χ3n) is 11.2. The molecule has 0 saturated heterocycles. The molecule has 0 radical (unpaired) electrons. The molecule has 0 amide bonds. The summed E-state index contributed by atoms with van der Waals surface area (Å²) in [5.74, 6) is 0. The van der Waals surface area contributed by atoms with Crippen molar-refractivity contribution in [2.75, 3.05) is 4.90 Å². The number of hydrogen-bond acceptors (Lipinski definition) is 2. The summed E-state index contributed by atoms with van der Waals surface area (Å²) in [7, 11) is 0. The summed E-state index contributed by atoms with van der Waals surface area (Å²) in [6.07, 6.45) is 0. The molecule has 0 saturated carbocycles. The smallest absolute Gasteiger partial charge is 0.143 e. The van der Waals surface area contributed by atoms with E-state index in [-0.39, 0.29) is 0 Å². The number of anilines is 3. The zero-order valence-electron chi connectivity index (χ0n) is 31.1. The fourth-order valence-corrected chi connectivity index (χ4v) is 8.45. The summed E-state index contributed by atoms with van der Waals surface area (Å²) in [5, 5.41) is 4.78. The summed E-state index contributed by atoms with van der Waals surface area (Å²) in [4.78, 5) is 2.33. The minimum atomic E-state index is 0.906. The second-order valence-electron chi connectivity index (χ2n) is 14.5. The van der Waals surface area contributed by atoms with Crippen molar-refractivity contribution < 1.29 is 4.42 Å². The maximum absolute atomic E-state index is 6.41. The Kier molecular flexibility index (Phi) is 7.82. The highest BCUT2D eigenvalue weighted by Gasteiger charge is 2.17. The van der Waals surface area contributed by atoms with Gasteiger partial charge in [-0.05, 0) is 94.5 Å². The molecular formula is C54H36N2O. The second kappa shape index (κ2) is 13.6. The predicted molar refractivity (Wildman–Crippen MR) is 239 cm³/mol. The number of nitrogens with zero attached hydrogens (tertiary/aromatic N) is 2. The average Bonchev–Trinajstić information content (AvgIpc) is 3.84. The number of hydrogen-bond donors (Lipinski definition) is 0. The van der Waals surface area contributed by atoms with E-state index in [1.165, 1.54) is 44.1 Å². The van der Waals surface area contributed by atoms with Crippen LogP contribution in [-0.4, -0.2) is 4.57 Å². The predicted octanol–water partition coefficient (Wildman–Crippen LogP) is 15.2. The third kappa shape index (κ3) is 5.68. The van der Waals surface area contributed by atoms with Gasteiger partial charge in [-0.1, -0.05) is 152 Å². The van der Waals surface area contributed by atoms with Crippen LogP contribution in [0.4, 0.5) is 17.1 Å². The maximum Gasteiger partial charge on any atom is 0.143 e. The fraction of sp³-hybridized carbons (Fsp3) is 0. The van der Waals surface area contributed by atoms with Gasteiger partial charge in [0.15, 0.2) is 0 Å². The number of benzene rings is 9. The molecule has 0 atom stereocenters. The number of para-hydroxylation sites is 4. The topological polar surface area (TPSA) is 21.3 Å². The van der Waals surface area contributed by atoms with Crippen LogP contribution in [0.1, 0.15) is 0 Å². The molecule has 0 aliphatic rings. The van der Waals surface area contributed by atoms with E-state index in [0.29, 0.717) is 0 Å². The van der Waals surface area contributed by atoms with E-state index in [2.05, 4.69) is 216 Å². The molecule has 11 aromatic rings. The van der Waals surface area contributed by atoms with E-state index in [9.17, 15) is 0 Å². The molecule has 0 bridgehead atoms. The van der Waals surface area contributed by atoms with Crippen molar-refractivity contribution in [1.82, 2.24) is 4.57 Å². The molecule has 11 rings (SSSR count). The van der Waals surface area contributed by atoms with E-state index in [1.807, 2.05) is 12.1 Å². The van der Waals surface area contributed by atoms with E-state index < -0.39 is 0 Å². The highest BCUT2D eigenvalue weighted by atomic mass is 16.3. The fourth-order valence-electron chi connectivity index (χ4n) is 8.45. The van der Waals surface area contributed by atoms with Crippen LogP contribution in [-0.2, 0) is 0 Å². The molecule has 268 valence electrons. The van der Waals surface area contributed by atoms with Gasteiger partial charge in [0.05, 0.1) is 11.0 Å². The van der Waals surface area contributed by atoms with Crippen LogP contribution in [0.5, 0.6) is 0 Å². The maximum atomic E-state index is 6.41. The molecule has 0 aliphatic heterocycles. The normalized spacial score (nSPS) is 11.5. The summed E-state index contributed by atoms with van der Waals surface area (Å²) in [5.41, 5.74) is 15.6. The Labute approximate surface area is 330 Å². The number of fused-ring (bicyclic) bond motifs is 6. The highest BCUT2D eigenvalue weighted by Crippen LogP contribution is 2.41. The Bertz CT molecular complexity index is 3200. The molecule has 0 aliphatic carbocycles. The molecular weight excluding hydrogens is 693 g/mol. The number of furan rings is 1. The molecule has 9 aromatic carbocycles. The zero-order valence-corrected chi connectivity index (χ0v) is 31.1. The van der Waals surface area contributed by atoms with Crippen LogP contribution in [0.3, 0.4) is 0 Å². The lowest BCUT2D eigenvalue weighted by Crippen LogP contribution is -2.09. The van der Waals surface area contributed by atoms with Crippen molar-refractivity contribution in [1.29, 1.82) is 0 Å². The Morgan fingerprint density at radius 1 is 0.333 bits per heavy atom. The molecule has 0 N–H and O–H groups in total. The summed E-state index contributed by atoms with van der Waals surface area (Å²) < 4.78 is 8.78. The van der Waals surface area contributed by atoms with Gasteiger partial charge in [-0.3, -0.25) is 0 Å². The average molecular weight is 729 g/mol. The summed E-state index contributed by atoms with van der Waals surface area (Å²) in [6.45, 7) is 0. The summed E-state index contributed by atoms with van der Waals surface area (Å²) >= 11 is 0. The minimum Gasteiger partial charge on any atom is -0.455 e. The van der Waals surface area contributed by atoms with Gasteiger partial charge in [0.2, 0.25) is 0 Å². The standard InChI is InChI=1S/C54H36N2O/c1-3-12-37(13-4-1)38-22-29-43(30-23-38)55(45-33-26-40(27-34-45)46-18-11-19-50-49-17-8-10-21-53(49)57-54(46)50)44-31-24-39(25-32-44)41-28-35-48-47-16-7-9-20-51(47)56(52(48)36-41)42-14-5-2-6-15-42/h1-36H. The lowest BCUT2D eigenvalue weighted by molar-refractivity contribution is 0.670. The van der Waals surface area contributed by atoms with Gasteiger partial charge >= 0.3 is 0 Å². The SMILES string of the molecule is c1ccc(-c2ccc(N(c3ccc(-c4ccc5c6ccccc6n(-c6ccccc6)c5c4)cc3)c3ccc(-c4cccc5c4oc4ccccc45)cc3)cc2)cc1. The Morgan fingerprint density at radius 3 is 1.54 bits per heavy atom. The first-order valence-electron chi connectivity index (χ1n) is 19.4. The molecule has 3 nitrogen and oxygen atoms in total. The van der Waals surface area contributed by atoms with Crippen molar-refractivity contribution in [3.63, 3.8) is 0 Å². The van der Waals surface area contributed by atoms with Gasteiger partial charge in [0.1, 0.15) is 11.2 Å². The van der Waals surface area contributed by atoms with E-state index in [0.717, 1.165) is 55.8 Å². The largest absolute Gasteiger partial charge is 0.455 e. The molecule has 2 aromatic heterocycles. The number of aromatic nitrogens is 1. The zero-order chi connectivity index (χ0) is 37.7. The lowest BCUT2D eigenvalue weighted by atomic mass is 10.0. The van der Waals surface area contributed by atoms with Crippen LogP contribution in [0.2, 0.25) is 0 Å². The van der Waals surface area contributed by atoms with Crippen molar-refractivity contribution in [3.05, 3.63) is 218 Å². The van der Waals surface area contributed by atoms with Crippen molar-refractivity contribution in [3.8, 4) is 39.1 Å². The quantitative estimate of drug-likeness (QED) is 0.163.